The Labute approximate surface area is 171 Å². The predicted octanol–water partition coefficient (Wildman–Crippen LogP) is 4.00. The Morgan fingerprint density at radius 2 is 1.96 bits per heavy atom. The average Bonchev–Trinajstić information content (AvgIpc) is 2.67. The molecule has 0 saturated carbocycles. The van der Waals surface area contributed by atoms with Gasteiger partial charge in [0.2, 0.25) is 0 Å². The Hall–Kier alpha value is -3.11. The van der Waals surface area contributed by atoms with Crippen LogP contribution in [0.1, 0.15) is 25.0 Å². The van der Waals surface area contributed by atoms with Crippen molar-refractivity contribution in [1.29, 1.82) is 5.26 Å². The molecule has 0 bridgehead atoms. The number of carbonyl (C=O) groups is 2. The van der Waals surface area contributed by atoms with Crippen molar-refractivity contribution in [2.75, 3.05) is 6.61 Å². The van der Waals surface area contributed by atoms with Gasteiger partial charge in [0.25, 0.3) is 5.91 Å². The Morgan fingerprint density at radius 3 is 2.57 bits per heavy atom. The molecule has 2 aromatic rings. The summed E-state index contributed by atoms with van der Waals surface area (Å²) < 4.78 is 11.2. The van der Waals surface area contributed by atoms with Gasteiger partial charge in [0.05, 0.1) is 11.1 Å². The lowest BCUT2D eigenvalue weighted by atomic mass is 10.1. The Kier molecular flexibility index (Phi) is 7.78. The number of nitrogens with zero attached hydrogens (tertiary/aromatic N) is 1. The van der Waals surface area contributed by atoms with E-state index < -0.39 is 11.9 Å². The molecule has 28 heavy (non-hydrogen) atoms. The molecule has 0 aliphatic carbocycles. The summed E-state index contributed by atoms with van der Waals surface area (Å²) >= 11 is 3.34. The van der Waals surface area contributed by atoms with Crippen LogP contribution in [0.4, 0.5) is 0 Å². The molecule has 0 aromatic heterocycles. The van der Waals surface area contributed by atoms with Gasteiger partial charge in [0, 0.05) is 13.5 Å². The molecule has 0 saturated heterocycles. The van der Waals surface area contributed by atoms with Crippen molar-refractivity contribution < 1.29 is 19.1 Å². The van der Waals surface area contributed by atoms with E-state index in [0.29, 0.717) is 28.9 Å². The van der Waals surface area contributed by atoms with Gasteiger partial charge in [-0.15, -0.1) is 0 Å². The molecule has 2 rings (SSSR count). The molecular weight excluding hydrogens is 424 g/mol. The number of hydrogen-bond acceptors (Lipinski definition) is 5. The minimum absolute atomic E-state index is 0.0504. The standard InChI is InChI=1S/C21H19BrN2O4/c1-3-27-19-11-16(10-18(22)20(19)28-14(2)25)9-17(12-23)21(26)24-13-15-7-5-4-6-8-15/h4-11H,3,13H2,1-2H3,(H,24,26)/b17-9+. The predicted molar refractivity (Wildman–Crippen MR) is 108 cm³/mol. The fourth-order valence-electron chi connectivity index (χ4n) is 2.37. The second kappa shape index (κ2) is 10.3. The fourth-order valence-corrected chi connectivity index (χ4v) is 2.91. The smallest absolute Gasteiger partial charge is 0.308 e. The molecule has 0 unspecified atom stereocenters. The number of nitriles is 1. The summed E-state index contributed by atoms with van der Waals surface area (Å²) in [5.74, 6) is -0.383. The van der Waals surface area contributed by atoms with Gasteiger partial charge in [-0.1, -0.05) is 30.3 Å². The number of esters is 1. The van der Waals surface area contributed by atoms with E-state index in [1.807, 2.05) is 36.4 Å². The highest BCUT2D eigenvalue weighted by Crippen LogP contribution is 2.37. The molecular formula is C21H19BrN2O4. The molecule has 0 fully saturated rings. The maximum absolute atomic E-state index is 12.3. The number of rotatable bonds is 7. The van der Waals surface area contributed by atoms with Crippen LogP contribution in [0, 0.1) is 11.3 Å². The van der Waals surface area contributed by atoms with Crippen LogP contribution < -0.4 is 14.8 Å². The van der Waals surface area contributed by atoms with Gasteiger partial charge in [0.1, 0.15) is 11.6 Å². The number of ether oxygens (including phenoxy) is 2. The number of benzene rings is 2. The van der Waals surface area contributed by atoms with Crippen molar-refractivity contribution in [2.24, 2.45) is 0 Å². The van der Waals surface area contributed by atoms with Crippen LogP contribution in [-0.4, -0.2) is 18.5 Å². The van der Waals surface area contributed by atoms with Crippen molar-refractivity contribution in [1.82, 2.24) is 5.32 Å². The van der Waals surface area contributed by atoms with Crippen LogP contribution >= 0.6 is 15.9 Å². The first-order valence-electron chi connectivity index (χ1n) is 8.53. The van der Waals surface area contributed by atoms with Crippen molar-refractivity contribution in [3.05, 3.63) is 63.6 Å². The van der Waals surface area contributed by atoms with Crippen LogP contribution in [0.5, 0.6) is 11.5 Å². The number of carbonyl (C=O) groups excluding carboxylic acids is 2. The zero-order chi connectivity index (χ0) is 20.5. The first-order valence-corrected chi connectivity index (χ1v) is 9.32. The lowest BCUT2D eigenvalue weighted by molar-refractivity contribution is -0.132. The molecule has 144 valence electrons. The van der Waals surface area contributed by atoms with Crippen molar-refractivity contribution >= 4 is 33.9 Å². The molecule has 0 spiro atoms. The van der Waals surface area contributed by atoms with Gasteiger partial charge in [-0.3, -0.25) is 9.59 Å². The topological polar surface area (TPSA) is 88.4 Å². The zero-order valence-electron chi connectivity index (χ0n) is 15.5. The number of amides is 1. The maximum atomic E-state index is 12.3. The molecule has 1 N–H and O–H groups in total. The van der Waals surface area contributed by atoms with Gasteiger partial charge >= 0.3 is 5.97 Å². The summed E-state index contributed by atoms with van der Waals surface area (Å²) in [4.78, 5) is 23.6. The number of hydrogen-bond donors (Lipinski definition) is 1. The highest BCUT2D eigenvalue weighted by atomic mass is 79.9. The van der Waals surface area contributed by atoms with E-state index in [0.717, 1.165) is 5.56 Å². The lowest BCUT2D eigenvalue weighted by Gasteiger charge is -2.12. The quantitative estimate of drug-likeness (QED) is 0.303. The Morgan fingerprint density at radius 1 is 1.25 bits per heavy atom. The Bertz CT molecular complexity index is 933. The largest absolute Gasteiger partial charge is 0.490 e. The van der Waals surface area contributed by atoms with E-state index in [9.17, 15) is 14.9 Å². The molecule has 7 heteroatoms. The first-order chi connectivity index (χ1) is 13.4. The van der Waals surface area contributed by atoms with Gasteiger partial charge < -0.3 is 14.8 Å². The van der Waals surface area contributed by atoms with Gasteiger partial charge in [-0.2, -0.15) is 5.26 Å². The van der Waals surface area contributed by atoms with E-state index in [1.54, 1.807) is 19.1 Å². The third-order valence-electron chi connectivity index (χ3n) is 3.55. The minimum atomic E-state index is -0.483. The van der Waals surface area contributed by atoms with E-state index >= 15 is 0 Å². The normalized spacial score (nSPS) is 10.7. The molecule has 0 atom stereocenters. The second-order valence-electron chi connectivity index (χ2n) is 5.69. The van der Waals surface area contributed by atoms with E-state index in [2.05, 4.69) is 21.2 Å². The molecule has 0 aliphatic rings. The average molecular weight is 443 g/mol. The van der Waals surface area contributed by atoms with E-state index in [1.165, 1.54) is 13.0 Å². The third-order valence-corrected chi connectivity index (χ3v) is 4.14. The van der Waals surface area contributed by atoms with Gasteiger partial charge in [0.15, 0.2) is 11.5 Å². The van der Waals surface area contributed by atoms with Crippen molar-refractivity contribution in [3.63, 3.8) is 0 Å². The van der Waals surface area contributed by atoms with Crippen LogP contribution in [0.3, 0.4) is 0 Å². The summed E-state index contributed by atoms with van der Waals surface area (Å²) in [6.07, 6.45) is 1.45. The maximum Gasteiger partial charge on any atom is 0.308 e. The van der Waals surface area contributed by atoms with E-state index in [4.69, 9.17) is 9.47 Å². The zero-order valence-corrected chi connectivity index (χ0v) is 17.1. The highest BCUT2D eigenvalue weighted by Gasteiger charge is 2.15. The molecule has 0 aliphatic heterocycles. The van der Waals surface area contributed by atoms with Crippen molar-refractivity contribution in [3.8, 4) is 17.6 Å². The summed E-state index contributed by atoms with van der Waals surface area (Å²) in [7, 11) is 0. The summed E-state index contributed by atoms with van der Waals surface area (Å²) in [6.45, 7) is 3.76. The summed E-state index contributed by atoms with van der Waals surface area (Å²) in [5, 5.41) is 12.1. The Balaban J connectivity index is 2.26. The van der Waals surface area contributed by atoms with Crippen LogP contribution in [0.25, 0.3) is 6.08 Å². The summed E-state index contributed by atoms with van der Waals surface area (Å²) in [5.41, 5.74) is 1.43. The highest BCUT2D eigenvalue weighted by molar-refractivity contribution is 9.10. The minimum Gasteiger partial charge on any atom is -0.490 e. The number of nitrogens with one attached hydrogen (secondary N) is 1. The SMILES string of the molecule is CCOc1cc(/C=C(\C#N)C(=O)NCc2ccccc2)cc(Br)c1OC(C)=O. The molecule has 0 radical (unpaired) electrons. The lowest BCUT2D eigenvalue weighted by Crippen LogP contribution is -2.23. The fraction of sp³-hybridized carbons (Fsp3) is 0.190. The van der Waals surface area contributed by atoms with Gasteiger partial charge in [-0.05, 0) is 52.2 Å². The van der Waals surface area contributed by atoms with Crippen molar-refractivity contribution in [2.45, 2.75) is 20.4 Å². The molecule has 1 amide bonds. The summed E-state index contributed by atoms with van der Waals surface area (Å²) in [6, 6.07) is 14.6. The molecule has 6 nitrogen and oxygen atoms in total. The van der Waals surface area contributed by atoms with Gasteiger partial charge in [-0.25, -0.2) is 0 Å². The first kappa shape index (κ1) is 21.2. The van der Waals surface area contributed by atoms with Crippen LogP contribution in [0.2, 0.25) is 0 Å². The molecule has 0 heterocycles. The number of halogens is 1. The molecule has 2 aromatic carbocycles. The monoisotopic (exact) mass is 442 g/mol. The third kappa shape index (κ3) is 5.96. The van der Waals surface area contributed by atoms with E-state index in [-0.39, 0.29) is 11.3 Å². The van der Waals surface area contributed by atoms with Crippen LogP contribution in [0.15, 0.2) is 52.5 Å². The second-order valence-corrected chi connectivity index (χ2v) is 6.55. The van der Waals surface area contributed by atoms with Crippen LogP contribution in [-0.2, 0) is 16.1 Å².